The van der Waals surface area contributed by atoms with Crippen LogP contribution in [0.5, 0.6) is 5.75 Å². The first-order chi connectivity index (χ1) is 14.0. The van der Waals surface area contributed by atoms with Crippen LogP contribution in [0.4, 0.5) is 13.2 Å². The topological polar surface area (TPSA) is 51.5 Å². The van der Waals surface area contributed by atoms with Crippen molar-refractivity contribution in [3.8, 4) is 5.75 Å². The first-order valence-electron chi connectivity index (χ1n) is 8.96. The summed E-state index contributed by atoms with van der Waals surface area (Å²) in [6.07, 6.45) is -4.35. The number of halogens is 5. The summed E-state index contributed by atoms with van der Waals surface area (Å²) in [5.74, 6) is -0.698. The molecule has 9 heteroatoms. The Morgan fingerprint density at radius 2 is 1.90 bits per heavy atom. The molecule has 30 heavy (non-hydrogen) atoms. The number of aliphatic carboxylic acids is 1. The number of hydrogen-bond acceptors (Lipinski definition) is 2. The summed E-state index contributed by atoms with van der Waals surface area (Å²) in [6, 6.07) is 7.21. The lowest BCUT2D eigenvalue weighted by atomic mass is 10.1. The molecule has 0 radical (unpaired) electrons. The van der Waals surface area contributed by atoms with Crippen molar-refractivity contribution in [1.29, 1.82) is 0 Å². The van der Waals surface area contributed by atoms with Crippen molar-refractivity contribution in [2.75, 3.05) is 6.61 Å². The van der Waals surface area contributed by atoms with E-state index in [9.17, 15) is 18.0 Å². The number of hydrogen-bond donors (Lipinski definition) is 1. The lowest BCUT2D eigenvalue weighted by molar-refractivity contribution is -0.138. The predicted octanol–water partition coefficient (Wildman–Crippen LogP) is 6.26. The van der Waals surface area contributed by atoms with Gasteiger partial charge in [0.15, 0.2) is 0 Å². The Kier molecular flexibility index (Phi) is 6.24. The highest BCUT2D eigenvalue weighted by Gasteiger charge is 2.31. The highest BCUT2D eigenvalue weighted by atomic mass is 35.5. The molecule has 0 saturated carbocycles. The minimum absolute atomic E-state index is 0.0520. The van der Waals surface area contributed by atoms with E-state index in [4.69, 9.17) is 33.0 Å². The van der Waals surface area contributed by atoms with Crippen molar-refractivity contribution in [3.05, 3.63) is 62.8 Å². The van der Waals surface area contributed by atoms with E-state index in [0.29, 0.717) is 32.8 Å². The summed E-state index contributed by atoms with van der Waals surface area (Å²) < 4.78 is 46.7. The molecule has 1 heterocycles. The number of fused-ring (bicyclic) bond motifs is 1. The molecule has 0 aliphatic rings. The molecule has 3 rings (SSSR count). The van der Waals surface area contributed by atoms with Crippen LogP contribution in [0, 0.1) is 6.92 Å². The van der Waals surface area contributed by atoms with E-state index in [0.717, 1.165) is 17.8 Å². The molecule has 2 aromatic carbocycles. The lowest BCUT2D eigenvalue weighted by Gasteiger charge is -2.13. The average molecular weight is 460 g/mol. The molecule has 0 fully saturated rings. The van der Waals surface area contributed by atoms with Crippen LogP contribution in [0.3, 0.4) is 0 Å². The Morgan fingerprint density at radius 1 is 1.20 bits per heavy atom. The normalized spacial score (nSPS) is 11.8. The molecule has 160 valence electrons. The van der Waals surface area contributed by atoms with Gasteiger partial charge in [0.05, 0.1) is 23.6 Å². The highest BCUT2D eigenvalue weighted by molar-refractivity contribution is 6.37. The Morgan fingerprint density at radius 3 is 2.53 bits per heavy atom. The lowest BCUT2D eigenvalue weighted by Crippen LogP contribution is -2.06. The summed E-state index contributed by atoms with van der Waals surface area (Å²) in [7, 11) is 1.69. The van der Waals surface area contributed by atoms with E-state index in [-0.39, 0.29) is 24.5 Å². The molecule has 0 aliphatic heterocycles. The summed E-state index contributed by atoms with van der Waals surface area (Å²) in [4.78, 5) is 10.7. The second-order valence-corrected chi connectivity index (χ2v) is 7.71. The van der Waals surface area contributed by atoms with E-state index in [1.807, 2.05) is 6.07 Å². The molecule has 0 amide bonds. The van der Waals surface area contributed by atoms with E-state index < -0.39 is 17.7 Å². The van der Waals surface area contributed by atoms with Gasteiger partial charge in [-0.15, -0.1) is 0 Å². The number of benzene rings is 2. The summed E-state index contributed by atoms with van der Waals surface area (Å²) in [5.41, 5.74) is 1.54. The maximum atomic E-state index is 13.2. The summed E-state index contributed by atoms with van der Waals surface area (Å²) >= 11 is 12.7. The first-order valence-corrected chi connectivity index (χ1v) is 9.72. The second kappa shape index (κ2) is 8.40. The van der Waals surface area contributed by atoms with E-state index >= 15 is 0 Å². The van der Waals surface area contributed by atoms with Gasteiger partial charge >= 0.3 is 12.1 Å². The Labute approximate surface area is 180 Å². The molecule has 0 unspecified atom stereocenters. The van der Waals surface area contributed by atoms with Crippen molar-refractivity contribution in [2.45, 2.75) is 25.9 Å². The molecule has 1 aromatic heterocycles. The van der Waals surface area contributed by atoms with Crippen LogP contribution < -0.4 is 4.74 Å². The van der Waals surface area contributed by atoms with Gasteiger partial charge in [-0.3, -0.25) is 4.79 Å². The molecule has 0 spiro atoms. The van der Waals surface area contributed by atoms with Gasteiger partial charge in [0, 0.05) is 35.1 Å². The highest BCUT2D eigenvalue weighted by Crippen LogP contribution is 2.37. The van der Waals surface area contributed by atoms with Crippen molar-refractivity contribution >= 4 is 40.1 Å². The van der Waals surface area contributed by atoms with Crippen LogP contribution in [0.15, 0.2) is 30.3 Å². The van der Waals surface area contributed by atoms with Crippen molar-refractivity contribution in [2.24, 2.45) is 7.05 Å². The third-order valence-electron chi connectivity index (χ3n) is 4.88. The number of carbonyl (C=O) groups is 1. The van der Waals surface area contributed by atoms with Crippen LogP contribution in [0.2, 0.25) is 10.0 Å². The van der Waals surface area contributed by atoms with E-state index in [1.54, 1.807) is 30.7 Å². The van der Waals surface area contributed by atoms with Crippen molar-refractivity contribution < 1.29 is 27.8 Å². The van der Waals surface area contributed by atoms with E-state index in [1.165, 1.54) is 0 Å². The molecular weight excluding hydrogens is 442 g/mol. The minimum atomic E-state index is -4.43. The summed E-state index contributed by atoms with van der Waals surface area (Å²) in [6.45, 7) is 1.59. The Balaban J connectivity index is 1.99. The number of nitrogens with zero attached hydrogens (tertiary/aromatic N) is 1. The maximum Gasteiger partial charge on any atom is 0.416 e. The van der Waals surface area contributed by atoms with Gasteiger partial charge in [0.2, 0.25) is 0 Å². The van der Waals surface area contributed by atoms with Gasteiger partial charge in [-0.25, -0.2) is 0 Å². The van der Waals surface area contributed by atoms with Gasteiger partial charge in [0.1, 0.15) is 5.75 Å². The fourth-order valence-corrected chi connectivity index (χ4v) is 3.83. The van der Waals surface area contributed by atoms with E-state index in [2.05, 4.69) is 0 Å². The van der Waals surface area contributed by atoms with Crippen molar-refractivity contribution in [3.63, 3.8) is 0 Å². The standard InChI is InChI=1S/C21H18Cl2F3NO3/c1-11-7-12(21(24,25)26)8-17-14(11)9-13(27(17)2)10-15-16(22)3-4-18(20(15)23)30-6-5-19(28)29/h3-4,7-9H,5-6,10H2,1-2H3,(H,28,29). The first kappa shape index (κ1) is 22.3. The minimum Gasteiger partial charge on any atom is -0.491 e. The number of ether oxygens (including phenoxy) is 1. The molecular formula is C21H18Cl2F3NO3. The zero-order chi connectivity index (χ0) is 22.2. The maximum absolute atomic E-state index is 13.2. The fraction of sp³-hybridized carbons (Fsp3) is 0.286. The van der Waals surface area contributed by atoms with Gasteiger partial charge in [-0.05, 0) is 48.4 Å². The third-order valence-corrected chi connectivity index (χ3v) is 5.65. The average Bonchev–Trinajstić information content (AvgIpc) is 2.96. The Hall–Kier alpha value is -2.38. The smallest absolute Gasteiger partial charge is 0.416 e. The molecule has 3 aromatic rings. The fourth-order valence-electron chi connectivity index (χ4n) is 3.28. The second-order valence-electron chi connectivity index (χ2n) is 6.93. The van der Waals surface area contributed by atoms with Crippen LogP contribution in [0.1, 0.15) is 28.8 Å². The zero-order valence-corrected chi connectivity index (χ0v) is 17.6. The molecule has 0 atom stereocenters. The predicted molar refractivity (Wildman–Crippen MR) is 110 cm³/mol. The summed E-state index contributed by atoms with van der Waals surface area (Å²) in [5, 5.41) is 10.1. The molecule has 0 bridgehead atoms. The van der Waals surface area contributed by atoms with Gasteiger partial charge in [0.25, 0.3) is 0 Å². The molecule has 4 nitrogen and oxygen atoms in total. The van der Waals surface area contributed by atoms with Crippen LogP contribution in [-0.2, 0) is 24.4 Å². The number of carboxylic acids is 1. The van der Waals surface area contributed by atoms with Gasteiger partial charge in [-0.1, -0.05) is 23.2 Å². The van der Waals surface area contributed by atoms with Gasteiger partial charge < -0.3 is 14.4 Å². The molecule has 1 N–H and O–H groups in total. The van der Waals surface area contributed by atoms with Crippen LogP contribution in [0.25, 0.3) is 10.9 Å². The quantitative estimate of drug-likeness (QED) is 0.473. The van der Waals surface area contributed by atoms with Crippen LogP contribution >= 0.6 is 23.2 Å². The number of carboxylic acid groups (broad SMARTS) is 1. The Bertz CT molecular complexity index is 1120. The SMILES string of the molecule is Cc1cc(C(F)(F)F)cc2c1cc(Cc1c(Cl)ccc(OCCC(=O)O)c1Cl)n2C. The number of aromatic nitrogens is 1. The monoisotopic (exact) mass is 459 g/mol. The third kappa shape index (κ3) is 4.52. The molecule has 0 aliphatic carbocycles. The van der Waals surface area contributed by atoms with Gasteiger partial charge in [-0.2, -0.15) is 13.2 Å². The van der Waals surface area contributed by atoms with Crippen molar-refractivity contribution in [1.82, 2.24) is 4.57 Å². The van der Waals surface area contributed by atoms with Crippen LogP contribution in [-0.4, -0.2) is 22.2 Å². The largest absolute Gasteiger partial charge is 0.491 e. The number of alkyl halides is 3. The number of aryl methyl sites for hydroxylation is 2. The molecule has 0 saturated heterocycles. The number of rotatable bonds is 6. The zero-order valence-electron chi connectivity index (χ0n) is 16.1.